The van der Waals surface area contributed by atoms with Gasteiger partial charge in [-0.25, -0.2) is 0 Å². The van der Waals surface area contributed by atoms with Crippen LogP contribution in [0.15, 0.2) is 158 Å². The zero-order valence-electron chi connectivity index (χ0n) is 39.7. The second kappa shape index (κ2) is 26.9. The molecule has 0 aliphatic heterocycles. The minimum atomic E-state index is -0.495. The molecule has 0 atom stereocenters. The molecule has 0 heterocycles. The molecule has 14 nitrogen and oxygen atoms in total. The van der Waals surface area contributed by atoms with E-state index in [1.54, 1.807) is 62.8 Å². The van der Waals surface area contributed by atoms with Gasteiger partial charge in [0.15, 0.2) is 0 Å². The summed E-state index contributed by atoms with van der Waals surface area (Å²) in [6.45, 7) is 0.0803. The topological polar surface area (TPSA) is 175 Å². The Hall–Kier alpha value is -8.26. The van der Waals surface area contributed by atoms with E-state index in [2.05, 4.69) is 21.3 Å². The second-order valence-electron chi connectivity index (χ2n) is 16.5. The molecule has 70 heavy (non-hydrogen) atoms. The summed E-state index contributed by atoms with van der Waals surface area (Å²) in [7, 11) is 3.19. The fraction of sp³-hybridized carbons (Fsp3) is 0.250. The minimum absolute atomic E-state index is 0.277. The Balaban J connectivity index is 1.09. The van der Waals surface area contributed by atoms with Gasteiger partial charge in [-0.2, -0.15) is 0 Å². The Bertz CT molecular complexity index is 2440. The van der Waals surface area contributed by atoms with Crippen molar-refractivity contribution in [2.45, 2.75) is 25.7 Å². The zero-order valence-corrected chi connectivity index (χ0v) is 39.7. The van der Waals surface area contributed by atoms with Gasteiger partial charge in [0.05, 0.1) is 14.2 Å². The maximum Gasteiger partial charge on any atom is 0.254 e. The quantitative estimate of drug-likeness (QED) is 0.0567. The first kappa shape index (κ1) is 51.1. The number of carbonyl (C=O) groups excluding carboxylic acids is 6. The van der Waals surface area contributed by atoms with Crippen LogP contribution in [0.4, 0.5) is 0 Å². The van der Waals surface area contributed by atoms with E-state index in [4.69, 9.17) is 9.47 Å². The van der Waals surface area contributed by atoms with E-state index < -0.39 is 35.4 Å². The molecule has 4 N–H and O–H groups in total. The van der Waals surface area contributed by atoms with Gasteiger partial charge in [0, 0.05) is 37.3 Å². The van der Waals surface area contributed by atoms with Crippen molar-refractivity contribution in [1.82, 2.24) is 31.1 Å². The standard InChI is InChI=1S/C56H60N6O8/c1-69-49-25-13-43(14-26-49)31-35-59-53(65)39-61(37-51(63)57-33-29-41-9-5-3-6-10-41)55(67)47-21-17-45(18-22-47)46-19-23-48(24-20-46)56(68)62(38-52(64)58-34-30-42-11-7-4-8-12-42)40-54(66)60-36-32-44-15-27-50(70-2)28-16-44/h3-28H,29-40H2,1-2H3,(H,57,63)(H,58,64)(H,59,65)(H,60,66). The Morgan fingerprint density at radius 1 is 0.357 bits per heavy atom. The van der Waals surface area contributed by atoms with Crippen molar-refractivity contribution < 1.29 is 38.2 Å². The van der Waals surface area contributed by atoms with Crippen LogP contribution in [0.3, 0.4) is 0 Å². The molecule has 0 aliphatic carbocycles. The Morgan fingerprint density at radius 3 is 0.900 bits per heavy atom. The summed E-state index contributed by atoms with van der Waals surface area (Å²) in [5.74, 6) is -1.13. The van der Waals surface area contributed by atoms with Crippen LogP contribution >= 0.6 is 0 Å². The molecule has 0 aromatic heterocycles. The second-order valence-corrected chi connectivity index (χ2v) is 16.5. The van der Waals surface area contributed by atoms with Gasteiger partial charge in [-0.1, -0.05) is 109 Å². The highest BCUT2D eigenvalue weighted by Crippen LogP contribution is 2.22. The van der Waals surface area contributed by atoms with Crippen molar-refractivity contribution >= 4 is 35.4 Å². The lowest BCUT2D eigenvalue weighted by Crippen LogP contribution is -2.46. The number of rotatable bonds is 25. The number of amides is 6. The van der Waals surface area contributed by atoms with Gasteiger partial charge >= 0.3 is 0 Å². The molecule has 6 aromatic carbocycles. The first-order valence-electron chi connectivity index (χ1n) is 23.3. The number of benzene rings is 6. The number of hydrogen-bond donors (Lipinski definition) is 4. The van der Waals surface area contributed by atoms with Crippen molar-refractivity contribution in [1.29, 1.82) is 0 Å². The number of ether oxygens (including phenoxy) is 2. The summed E-state index contributed by atoms with van der Waals surface area (Å²) in [5, 5.41) is 11.5. The Labute approximate surface area is 409 Å². The molecule has 0 saturated carbocycles. The molecule has 0 bridgehead atoms. The lowest BCUT2D eigenvalue weighted by Gasteiger charge is -2.22. The highest BCUT2D eigenvalue weighted by molar-refractivity contribution is 6.00. The molecule has 0 aliphatic rings. The van der Waals surface area contributed by atoms with E-state index in [0.29, 0.717) is 51.9 Å². The fourth-order valence-electron chi connectivity index (χ4n) is 7.55. The molecule has 6 rings (SSSR count). The Kier molecular flexibility index (Phi) is 19.7. The zero-order chi connectivity index (χ0) is 49.5. The monoisotopic (exact) mass is 944 g/mol. The van der Waals surface area contributed by atoms with E-state index in [9.17, 15) is 28.8 Å². The summed E-state index contributed by atoms with van der Waals surface area (Å²) in [5.41, 5.74) is 6.15. The molecule has 0 fully saturated rings. The summed E-state index contributed by atoms with van der Waals surface area (Å²) >= 11 is 0. The van der Waals surface area contributed by atoms with Crippen molar-refractivity contribution in [2.24, 2.45) is 0 Å². The van der Waals surface area contributed by atoms with E-state index in [1.165, 1.54) is 9.80 Å². The molecule has 6 amide bonds. The molecule has 0 radical (unpaired) electrons. The number of methoxy groups -OCH3 is 2. The number of nitrogens with one attached hydrogen (secondary N) is 4. The fourth-order valence-corrected chi connectivity index (χ4v) is 7.55. The van der Waals surface area contributed by atoms with Gasteiger partial charge < -0.3 is 40.5 Å². The SMILES string of the molecule is COc1ccc(CCNC(=O)CN(CC(=O)NCCc2ccccc2)C(=O)c2ccc(-c3ccc(C(=O)N(CC(=O)NCCc4ccccc4)CC(=O)NCCc4ccc(OC)cc4)cc3)cc2)cc1. The van der Waals surface area contributed by atoms with Crippen LogP contribution in [-0.4, -0.2) is 112 Å². The van der Waals surface area contributed by atoms with E-state index in [1.807, 2.05) is 109 Å². The normalized spacial score (nSPS) is 10.6. The van der Waals surface area contributed by atoms with Crippen LogP contribution < -0.4 is 30.7 Å². The summed E-state index contributed by atoms with van der Waals surface area (Å²) in [6, 6.07) is 48.0. The predicted molar refractivity (Wildman–Crippen MR) is 269 cm³/mol. The average molecular weight is 945 g/mol. The summed E-state index contributed by atoms with van der Waals surface area (Å²) in [4.78, 5) is 83.1. The third-order valence-electron chi connectivity index (χ3n) is 11.5. The van der Waals surface area contributed by atoms with E-state index in [0.717, 1.165) is 44.9 Å². The molecule has 0 spiro atoms. The molecule has 6 aromatic rings. The number of hydrogen-bond acceptors (Lipinski definition) is 8. The van der Waals surface area contributed by atoms with E-state index >= 15 is 0 Å². The molecular weight excluding hydrogens is 885 g/mol. The van der Waals surface area contributed by atoms with Crippen LogP contribution in [-0.2, 0) is 44.9 Å². The predicted octanol–water partition coefficient (Wildman–Crippen LogP) is 5.69. The van der Waals surface area contributed by atoms with Crippen molar-refractivity contribution in [2.75, 3.05) is 66.6 Å². The number of nitrogens with zero attached hydrogens (tertiary/aromatic N) is 2. The van der Waals surface area contributed by atoms with Gasteiger partial charge in [-0.05, 0) is 108 Å². The number of carbonyl (C=O) groups is 6. The van der Waals surface area contributed by atoms with Crippen molar-refractivity contribution in [3.8, 4) is 22.6 Å². The Morgan fingerprint density at radius 2 is 0.629 bits per heavy atom. The highest BCUT2D eigenvalue weighted by atomic mass is 16.5. The van der Waals surface area contributed by atoms with Gasteiger partial charge in [0.2, 0.25) is 23.6 Å². The summed E-state index contributed by atoms with van der Waals surface area (Å²) < 4.78 is 10.4. The molecular formula is C56H60N6O8. The first-order valence-corrected chi connectivity index (χ1v) is 23.3. The van der Waals surface area contributed by atoms with Crippen LogP contribution in [0.1, 0.15) is 43.0 Å². The third-order valence-corrected chi connectivity index (χ3v) is 11.5. The maximum absolute atomic E-state index is 14.0. The smallest absolute Gasteiger partial charge is 0.254 e. The molecule has 0 unspecified atom stereocenters. The van der Waals surface area contributed by atoms with Crippen molar-refractivity contribution in [3.63, 3.8) is 0 Å². The van der Waals surface area contributed by atoms with Crippen molar-refractivity contribution in [3.05, 3.63) is 191 Å². The molecule has 362 valence electrons. The van der Waals surface area contributed by atoms with Crippen LogP contribution in [0.25, 0.3) is 11.1 Å². The van der Waals surface area contributed by atoms with Gasteiger partial charge in [-0.3, -0.25) is 28.8 Å². The van der Waals surface area contributed by atoms with Gasteiger partial charge in [0.25, 0.3) is 11.8 Å². The lowest BCUT2D eigenvalue weighted by molar-refractivity contribution is -0.125. The third kappa shape index (κ3) is 16.5. The molecule has 14 heteroatoms. The van der Waals surface area contributed by atoms with Crippen LogP contribution in [0.2, 0.25) is 0 Å². The van der Waals surface area contributed by atoms with Crippen LogP contribution in [0.5, 0.6) is 11.5 Å². The largest absolute Gasteiger partial charge is 0.497 e. The van der Waals surface area contributed by atoms with Gasteiger partial charge in [0.1, 0.15) is 37.7 Å². The molecule has 0 saturated heterocycles. The first-order chi connectivity index (χ1) is 34.1. The van der Waals surface area contributed by atoms with Gasteiger partial charge in [-0.15, -0.1) is 0 Å². The van der Waals surface area contributed by atoms with E-state index in [-0.39, 0.29) is 37.3 Å². The summed E-state index contributed by atoms with van der Waals surface area (Å²) in [6.07, 6.45) is 2.35. The van der Waals surface area contributed by atoms with Crippen LogP contribution in [0, 0.1) is 0 Å². The average Bonchev–Trinajstić information content (AvgIpc) is 3.39. The lowest BCUT2D eigenvalue weighted by atomic mass is 10.0. The minimum Gasteiger partial charge on any atom is -0.497 e. The highest BCUT2D eigenvalue weighted by Gasteiger charge is 2.24. The maximum atomic E-state index is 14.0.